The number of guanidine groups is 1. The number of methoxy groups -OCH3 is 1. The van der Waals surface area contributed by atoms with E-state index in [9.17, 15) is 5.11 Å². The van der Waals surface area contributed by atoms with Crippen LogP contribution < -0.4 is 15.8 Å². The highest BCUT2D eigenvalue weighted by molar-refractivity contribution is 14.0. The lowest BCUT2D eigenvalue weighted by molar-refractivity contribution is 0.411. The van der Waals surface area contributed by atoms with Crippen molar-refractivity contribution in [2.45, 2.75) is 20.4 Å². The topological polar surface area (TPSA) is 79.9 Å². The lowest BCUT2D eigenvalue weighted by Gasteiger charge is -2.09. The van der Waals surface area contributed by atoms with Crippen LogP contribution in [0.25, 0.3) is 0 Å². The van der Waals surface area contributed by atoms with Crippen LogP contribution >= 0.6 is 24.0 Å². The second kappa shape index (κ2) is 8.61. The third kappa shape index (κ3) is 5.31. The Morgan fingerprint density at radius 3 is 2.57 bits per heavy atom. The van der Waals surface area contributed by atoms with Gasteiger partial charge < -0.3 is 20.9 Å². The summed E-state index contributed by atoms with van der Waals surface area (Å²) in [7, 11) is 1.58. The Labute approximate surface area is 153 Å². The Hall–Kier alpha value is -1.96. The zero-order valence-electron chi connectivity index (χ0n) is 13.5. The maximum Gasteiger partial charge on any atom is 0.193 e. The van der Waals surface area contributed by atoms with Gasteiger partial charge in [0.1, 0.15) is 11.5 Å². The zero-order valence-corrected chi connectivity index (χ0v) is 15.8. The normalized spacial score (nSPS) is 10.8. The van der Waals surface area contributed by atoms with Gasteiger partial charge in [-0.1, -0.05) is 6.07 Å². The van der Waals surface area contributed by atoms with E-state index in [1.807, 2.05) is 25.1 Å². The van der Waals surface area contributed by atoms with Crippen molar-refractivity contribution >= 4 is 35.6 Å². The number of aliphatic imine (C=N–C) groups is 1. The number of aromatic hydroxyl groups is 1. The molecule has 0 aliphatic carbocycles. The number of halogens is 1. The Morgan fingerprint density at radius 1 is 1.17 bits per heavy atom. The molecule has 0 amide bonds. The molecule has 0 saturated carbocycles. The van der Waals surface area contributed by atoms with Gasteiger partial charge in [0.15, 0.2) is 5.96 Å². The molecule has 5 nitrogen and oxygen atoms in total. The minimum atomic E-state index is 0. The first-order valence-electron chi connectivity index (χ1n) is 6.99. The molecule has 23 heavy (non-hydrogen) atoms. The molecule has 0 unspecified atom stereocenters. The molecule has 0 radical (unpaired) electrons. The molecule has 0 spiro atoms. The number of anilines is 1. The molecule has 0 atom stereocenters. The molecule has 0 fully saturated rings. The molecule has 0 heterocycles. The van der Waals surface area contributed by atoms with Crippen LogP contribution in [0, 0.1) is 13.8 Å². The minimum absolute atomic E-state index is 0. The Morgan fingerprint density at radius 2 is 1.91 bits per heavy atom. The summed E-state index contributed by atoms with van der Waals surface area (Å²) in [6.45, 7) is 4.37. The number of aryl methyl sites for hydroxylation is 2. The smallest absolute Gasteiger partial charge is 0.193 e. The minimum Gasteiger partial charge on any atom is -0.508 e. The summed E-state index contributed by atoms with van der Waals surface area (Å²) >= 11 is 0. The van der Waals surface area contributed by atoms with Crippen molar-refractivity contribution in [2.75, 3.05) is 12.4 Å². The van der Waals surface area contributed by atoms with Gasteiger partial charge in [-0.2, -0.15) is 0 Å². The van der Waals surface area contributed by atoms with Gasteiger partial charge in [0.25, 0.3) is 0 Å². The Balaban J connectivity index is 0.00000264. The van der Waals surface area contributed by atoms with Crippen molar-refractivity contribution in [1.82, 2.24) is 0 Å². The van der Waals surface area contributed by atoms with Crippen molar-refractivity contribution in [3.63, 3.8) is 0 Å². The molecule has 0 aromatic heterocycles. The van der Waals surface area contributed by atoms with Crippen LogP contribution in [0.2, 0.25) is 0 Å². The molecular formula is C17H22IN3O2. The highest BCUT2D eigenvalue weighted by atomic mass is 127. The van der Waals surface area contributed by atoms with E-state index in [-0.39, 0.29) is 36.3 Å². The van der Waals surface area contributed by atoms with Crippen molar-refractivity contribution in [3.8, 4) is 11.5 Å². The maximum absolute atomic E-state index is 9.81. The first-order valence-corrected chi connectivity index (χ1v) is 6.99. The van der Waals surface area contributed by atoms with Crippen LogP contribution in [-0.2, 0) is 6.54 Å². The van der Waals surface area contributed by atoms with Gasteiger partial charge in [0.2, 0.25) is 0 Å². The molecule has 2 aromatic carbocycles. The van der Waals surface area contributed by atoms with E-state index in [2.05, 4.69) is 17.2 Å². The molecule has 2 rings (SSSR count). The van der Waals surface area contributed by atoms with E-state index >= 15 is 0 Å². The average molecular weight is 427 g/mol. The van der Waals surface area contributed by atoms with E-state index in [1.165, 1.54) is 11.1 Å². The fourth-order valence-electron chi connectivity index (χ4n) is 1.99. The molecular weight excluding hydrogens is 405 g/mol. The first kappa shape index (κ1) is 19.1. The summed E-state index contributed by atoms with van der Waals surface area (Å²) in [4.78, 5) is 4.25. The number of ether oxygens (including phenoxy) is 1. The first-order chi connectivity index (χ1) is 10.5. The number of rotatable bonds is 4. The SMILES string of the molecule is COc1ccc(O)c(CN=C(N)Nc2ccc(C)c(C)c2)c1.I. The van der Waals surface area contributed by atoms with Crippen molar-refractivity contribution < 1.29 is 9.84 Å². The maximum atomic E-state index is 9.81. The summed E-state index contributed by atoms with van der Waals surface area (Å²) in [5.74, 6) is 1.14. The summed E-state index contributed by atoms with van der Waals surface area (Å²) in [6.07, 6.45) is 0. The predicted molar refractivity (Wildman–Crippen MR) is 105 cm³/mol. The van der Waals surface area contributed by atoms with Crippen molar-refractivity contribution in [3.05, 3.63) is 53.1 Å². The summed E-state index contributed by atoms with van der Waals surface area (Å²) in [5.41, 5.74) is 9.84. The molecule has 6 heteroatoms. The van der Waals surface area contributed by atoms with Gasteiger partial charge in [0.05, 0.1) is 13.7 Å². The number of nitrogens with two attached hydrogens (primary N) is 1. The van der Waals surface area contributed by atoms with Gasteiger partial charge in [-0.15, -0.1) is 24.0 Å². The van der Waals surface area contributed by atoms with E-state index in [0.29, 0.717) is 17.3 Å². The Kier molecular flexibility index (Phi) is 7.15. The van der Waals surface area contributed by atoms with Crippen LogP contribution in [0.15, 0.2) is 41.4 Å². The van der Waals surface area contributed by atoms with E-state index in [0.717, 1.165) is 5.69 Å². The zero-order chi connectivity index (χ0) is 16.1. The van der Waals surface area contributed by atoms with Gasteiger partial charge in [-0.25, -0.2) is 4.99 Å². The number of nitrogens with zero attached hydrogens (tertiary/aromatic N) is 1. The number of hydrogen-bond donors (Lipinski definition) is 3. The van der Waals surface area contributed by atoms with Crippen LogP contribution in [-0.4, -0.2) is 18.2 Å². The highest BCUT2D eigenvalue weighted by Gasteiger charge is 2.03. The van der Waals surface area contributed by atoms with E-state index in [4.69, 9.17) is 10.5 Å². The number of phenolic OH excluding ortho intramolecular Hbond substituents is 1. The third-order valence-corrected chi connectivity index (χ3v) is 3.49. The summed E-state index contributed by atoms with van der Waals surface area (Å²) in [6, 6.07) is 11.0. The second-order valence-electron chi connectivity index (χ2n) is 5.12. The Bertz CT molecular complexity index is 702. The molecule has 124 valence electrons. The average Bonchev–Trinajstić information content (AvgIpc) is 2.50. The predicted octanol–water partition coefficient (Wildman–Crippen LogP) is 3.56. The number of nitrogens with one attached hydrogen (secondary N) is 1. The van der Waals surface area contributed by atoms with Crippen LogP contribution in [0.3, 0.4) is 0 Å². The fraction of sp³-hybridized carbons (Fsp3) is 0.235. The van der Waals surface area contributed by atoms with E-state index in [1.54, 1.807) is 25.3 Å². The van der Waals surface area contributed by atoms with Crippen LogP contribution in [0.1, 0.15) is 16.7 Å². The van der Waals surface area contributed by atoms with Crippen LogP contribution in [0.5, 0.6) is 11.5 Å². The van der Waals surface area contributed by atoms with Crippen molar-refractivity contribution in [1.29, 1.82) is 0 Å². The number of benzene rings is 2. The number of phenols is 1. The molecule has 4 N–H and O–H groups in total. The van der Waals surface area contributed by atoms with Gasteiger partial charge in [-0.05, 0) is 55.3 Å². The van der Waals surface area contributed by atoms with E-state index < -0.39 is 0 Å². The molecule has 0 bridgehead atoms. The van der Waals surface area contributed by atoms with Gasteiger partial charge >= 0.3 is 0 Å². The molecule has 2 aromatic rings. The van der Waals surface area contributed by atoms with Crippen LogP contribution in [0.4, 0.5) is 5.69 Å². The largest absolute Gasteiger partial charge is 0.508 e. The lowest BCUT2D eigenvalue weighted by Crippen LogP contribution is -2.22. The molecule has 0 aliphatic rings. The quantitative estimate of drug-likeness (QED) is 0.396. The van der Waals surface area contributed by atoms with Gasteiger partial charge in [-0.3, -0.25) is 0 Å². The summed E-state index contributed by atoms with van der Waals surface area (Å²) < 4.78 is 5.13. The standard InChI is InChI=1S/C17H21N3O2.HI/c1-11-4-5-14(8-12(11)2)20-17(18)19-10-13-9-15(22-3)6-7-16(13)21;/h4-9,21H,10H2,1-3H3,(H3,18,19,20);1H. The summed E-state index contributed by atoms with van der Waals surface area (Å²) in [5, 5.41) is 12.9. The van der Waals surface area contributed by atoms with Gasteiger partial charge in [0, 0.05) is 11.3 Å². The number of hydrogen-bond acceptors (Lipinski definition) is 3. The lowest BCUT2D eigenvalue weighted by atomic mass is 10.1. The second-order valence-corrected chi connectivity index (χ2v) is 5.12. The molecule has 0 aliphatic heterocycles. The molecule has 0 saturated heterocycles. The van der Waals surface area contributed by atoms with Crippen molar-refractivity contribution in [2.24, 2.45) is 10.7 Å². The fourth-order valence-corrected chi connectivity index (χ4v) is 1.99. The third-order valence-electron chi connectivity index (χ3n) is 3.49. The highest BCUT2D eigenvalue weighted by Crippen LogP contribution is 2.23. The monoisotopic (exact) mass is 427 g/mol.